The number of carbonyl (C=O) groups is 1. The summed E-state index contributed by atoms with van der Waals surface area (Å²) in [5, 5.41) is 11.6. The zero-order chi connectivity index (χ0) is 18.5. The SMILES string of the molecule is CCCN1CCN(c2ccc(C(=O)c3ccccc3)cc2[N+](=O)[O-])CC1. The Balaban J connectivity index is 1.84. The number of piperazine rings is 1. The molecule has 0 saturated carbocycles. The van der Waals surface area contributed by atoms with Crippen molar-refractivity contribution in [3.8, 4) is 0 Å². The number of nitro benzene ring substituents is 1. The largest absolute Gasteiger partial charge is 0.363 e. The Morgan fingerprint density at radius 2 is 1.73 bits per heavy atom. The lowest BCUT2D eigenvalue weighted by molar-refractivity contribution is -0.384. The molecule has 26 heavy (non-hydrogen) atoms. The molecule has 6 heteroatoms. The van der Waals surface area contributed by atoms with Gasteiger partial charge in [-0.05, 0) is 25.1 Å². The van der Waals surface area contributed by atoms with Gasteiger partial charge in [0.05, 0.1) is 4.92 Å². The van der Waals surface area contributed by atoms with Crippen LogP contribution in [-0.4, -0.2) is 48.3 Å². The molecule has 0 spiro atoms. The number of nitro groups is 1. The van der Waals surface area contributed by atoms with Crippen LogP contribution in [0.25, 0.3) is 0 Å². The van der Waals surface area contributed by atoms with Gasteiger partial charge in [-0.1, -0.05) is 37.3 Å². The molecule has 2 aromatic carbocycles. The first-order chi connectivity index (χ1) is 12.6. The first kappa shape index (κ1) is 18.1. The van der Waals surface area contributed by atoms with E-state index >= 15 is 0 Å². The predicted octanol–water partition coefficient (Wildman–Crippen LogP) is 3.36. The predicted molar refractivity (Wildman–Crippen MR) is 102 cm³/mol. The molecule has 0 aromatic heterocycles. The molecule has 3 rings (SSSR count). The lowest BCUT2D eigenvalue weighted by Crippen LogP contribution is -2.46. The third-order valence-corrected chi connectivity index (χ3v) is 4.72. The molecule has 2 aromatic rings. The minimum absolute atomic E-state index is 0.00396. The number of ketones is 1. The average molecular weight is 353 g/mol. The van der Waals surface area contributed by atoms with Crippen LogP contribution in [0, 0.1) is 10.1 Å². The normalized spacial score (nSPS) is 15.0. The smallest absolute Gasteiger partial charge is 0.293 e. The second-order valence-corrected chi connectivity index (χ2v) is 6.48. The van der Waals surface area contributed by atoms with E-state index in [-0.39, 0.29) is 11.5 Å². The van der Waals surface area contributed by atoms with Crippen molar-refractivity contribution in [3.05, 3.63) is 69.8 Å². The van der Waals surface area contributed by atoms with Crippen LogP contribution in [0.4, 0.5) is 11.4 Å². The molecule has 1 heterocycles. The molecule has 1 saturated heterocycles. The summed E-state index contributed by atoms with van der Waals surface area (Å²) >= 11 is 0. The monoisotopic (exact) mass is 353 g/mol. The molecule has 1 aliphatic rings. The van der Waals surface area contributed by atoms with E-state index in [0.717, 1.165) is 39.1 Å². The highest BCUT2D eigenvalue weighted by Gasteiger charge is 2.25. The quantitative estimate of drug-likeness (QED) is 0.453. The minimum Gasteiger partial charge on any atom is -0.363 e. The van der Waals surface area contributed by atoms with Gasteiger partial charge >= 0.3 is 0 Å². The van der Waals surface area contributed by atoms with Crippen molar-refractivity contribution < 1.29 is 9.72 Å². The number of carbonyl (C=O) groups excluding carboxylic acids is 1. The highest BCUT2D eigenvalue weighted by atomic mass is 16.6. The Kier molecular flexibility index (Phi) is 5.63. The first-order valence-electron chi connectivity index (χ1n) is 8.95. The molecule has 1 aliphatic heterocycles. The van der Waals surface area contributed by atoms with Crippen LogP contribution in [0.3, 0.4) is 0 Å². The molecule has 1 fully saturated rings. The van der Waals surface area contributed by atoms with E-state index in [1.54, 1.807) is 36.4 Å². The molecule has 0 radical (unpaired) electrons. The Labute approximate surface area is 153 Å². The summed E-state index contributed by atoms with van der Waals surface area (Å²) in [7, 11) is 0. The Morgan fingerprint density at radius 1 is 1.04 bits per heavy atom. The fourth-order valence-electron chi connectivity index (χ4n) is 3.36. The summed E-state index contributed by atoms with van der Waals surface area (Å²) in [6.45, 7) is 6.52. The number of anilines is 1. The van der Waals surface area contributed by atoms with Crippen molar-refractivity contribution in [1.82, 2.24) is 4.90 Å². The van der Waals surface area contributed by atoms with Crippen LogP contribution in [0.2, 0.25) is 0 Å². The summed E-state index contributed by atoms with van der Waals surface area (Å²) in [4.78, 5) is 28.2. The molecular formula is C20H23N3O3. The molecule has 0 bridgehead atoms. The maximum absolute atomic E-state index is 12.6. The highest BCUT2D eigenvalue weighted by Crippen LogP contribution is 2.31. The number of hydrogen-bond acceptors (Lipinski definition) is 5. The van der Waals surface area contributed by atoms with E-state index in [1.807, 2.05) is 11.0 Å². The number of benzene rings is 2. The lowest BCUT2D eigenvalue weighted by atomic mass is 10.0. The Hall–Kier alpha value is -2.73. The topological polar surface area (TPSA) is 66.7 Å². The Morgan fingerprint density at radius 3 is 2.35 bits per heavy atom. The summed E-state index contributed by atoms with van der Waals surface area (Å²) in [6.07, 6.45) is 1.11. The lowest BCUT2D eigenvalue weighted by Gasteiger charge is -2.35. The first-order valence-corrected chi connectivity index (χ1v) is 8.95. The van der Waals surface area contributed by atoms with Crippen LogP contribution in [-0.2, 0) is 0 Å². The number of hydrogen-bond donors (Lipinski definition) is 0. The maximum atomic E-state index is 12.6. The summed E-state index contributed by atoms with van der Waals surface area (Å²) in [5.41, 5.74) is 1.46. The summed E-state index contributed by atoms with van der Waals surface area (Å²) in [5.74, 6) is -0.201. The molecule has 136 valence electrons. The Bertz CT molecular complexity index is 784. The number of rotatable bonds is 6. The third-order valence-electron chi connectivity index (χ3n) is 4.72. The van der Waals surface area contributed by atoms with Crippen molar-refractivity contribution in [2.45, 2.75) is 13.3 Å². The van der Waals surface area contributed by atoms with Crippen LogP contribution < -0.4 is 4.90 Å². The van der Waals surface area contributed by atoms with Crippen LogP contribution in [0.1, 0.15) is 29.3 Å². The summed E-state index contributed by atoms with van der Waals surface area (Å²) in [6, 6.07) is 13.6. The zero-order valence-corrected chi connectivity index (χ0v) is 14.9. The fraction of sp³-hybridized carbons (Fsp3) is 0.350. The van der Waals surface area contributed by atoms with Gasteiger partial charge in [0.25, 0.3) is 5.69 Å². The molecular weight excluding hydrogens is 330 g/mol. The van der Waals surface area contributed by atoms with Crippen LogP contribution in [0.15, 0.2) is 48.5 Å². The van der Waals surface area contributed by atoms with E-state index in [1.165, 1.54) is 6.07 Å². The van der Waals surface area contributed by atoms with E-state index in [9.17, 15) is 14.9 Å². The van der Waals surface area contributed by atoms with Crippen molar-refractivity contribution in [2.75, 3.05) is 37.6 Å². The molecule has 6 nitrogen and oxygen atoms in total. The molecule has 0 N–H and O–H groups in total. The average Bonchev–Trinajstić information content (AvgIpc) is 2.68. The second kappa shape index (κ2) is 8.10. The van der Waals surface area contributed by atoms with Gasteiger partial charge in [0.2, 0.25) is 0 Å². The highest BCUT2D eigenvalue weighted by molar-refractivity contribution is 6.09. The van der Waals surface area contributed by atoms with Gasteiger partial charge in [-0.2, -0.15) is 0 Å². The second-order valence-electron chi connectivity index (χ2n) is 6.48. The van der Waals surface area contributed by atoms with E-state index < -0.39 is 4.92 Å². The maximum Gasteiger partial charge on any atom is 0.293 e. The van der Waals surface area contributed by atoms with E-state index in [4.69, 9.17) is 0 Å². The minimum atomic E-state index is -0.393. The van der Waals surface area contributed by atoms with Gasteiger partial charge in [0, 0.05) is 43.4 Å². The van der Waals surface area contributed by atoms with Gasteiger partial charge in [0.15, 0.2) is 5.78 Å². The van der Waals surface area contributed by atoms with E-state index in [2.05, 4.69) is 11.8 Å². The van der Waals surface area contributed by atoms with Crippen LogP contribution in [0.5, 0.6) is 0 Å². The van der Waals surface area contributed by atoms with Crippen molar-refractivity contribution in [2.24, 2.45) is 0 Å². The van der Waals surface area contributed by atoms with Gasteiger partial charge in [-0.25, -0.2) is 0 Å². The molecule has 0 unspecified atom stereocenters. The van der Waals surface area contributed by atoms with Crippen molar-refractivity contribution in [1.29, 1.82) is 0 Å². The number of nitrogens with zero attached hydrogens (tertiary/aromatic N) is 3. The fourth-order valence-corrected chi connectivity index (χ4v) is 3.36. The van der Waals surface area contributed by atoms with Gasteiger partial charge in [0.1, 0.15) is 5.69 Å². The molecule has 0 aliphatic carbocycles. The van der Waals surface area contributed by atoms with Gasteiger partial charge in [-0.3, -0.25) is 19.8 Å². The molecule has 0 amide bonds. The third kappa shape index (κ3) is 3.91. The molecule has 0 atom stereocenters. The standard InChI is InChI=1S/C20H23N3O3/c1-2-10-21-11-13-22(14-12-21)18-9-8-17(15-19(18)23(25)26)20(24)16-6-4-3-5-7-16/h3-9,15H,2,10-14H2,1H3. The van der Waals surface area contributed by atoms with Crippen LogP contribution >= 0.6 is 0 Å². The van der Waals surface area contributed by atoms with Crippen molar-refractivity contribution in [3.63, 3.8) is 0 Å². The van der Waals surface area contributed by atoms with E-state index in [0.29, 0.717) is 16.8 Å². The van der Waals surface area contributed by atoms with Crippen molar-refractivity contribution >= 4 is 17.2 Å². The van der Waals surface area contributed by atoms with Gasteiger partial charge < -0.3 is 4.90 Å². The summed E-state index contributed by atoms with van der Waals surface area (Å²) < 4.78 is 0. The van der Waals surface area contributed by atoms with Gasteiger partial charge in [-0.15, -0.1) is 0 Å². The zero-order valence-electron chi connectivity index (χ0n) is 14.9.